The van der Waals surface area contributed by atoms with Crippen LogP contribution < -0.4 is 20.7 Å². The van der Waals surface area contributed by atoms with Crippen LogP contribution in [0, 0.1) is 5.82 Å². The van der Waals surface area contributed by atoms with Crippen molar-refractivity contribution >= 4 is 57.1 Å². The van der Waals surface area contributed by atoms with E-state index in [-0.39, 0.29) is 28.1 Å². The van der Waals surface area contributed by atoms with E-state index in [4.69, 9.17) is 16.3 Å². The molecule has 0 unspecified atom stereocenters. The average Bonchev–Trinajstić information content (AvgIpc) is 2.88. The topological polar surface area (TPSA) is 91.4 Å². The number of hydrogen-bond acceptors (Lipinski definition) is 7. The third-order valence-electron chi connectivity index (χ3n) is 5.31. The summed E-state index contributed by atoms with van der Waals surface area (Å²) in [5, 5.41) is 11.0. The molecule has 8 nitrogen and oxygen atoms in total. The van der Waals surface area contributed by atoms with Gasteiger partial charge in [-0.3, -0.25) is 4.79 Å². The van der Waals surface area contributed by atoms with Gasteiger partial charge in [-0.2, -0.15) is 4.98 Å². The van der Waals surface area contributed by atoms with Gasteiger partial charge in [0, 0.05) is 18.3 Å². The third-order valence-corrected chi connectivity index (χ3v) is 5.59. The Morgan fingerprint density at radius 3 is 2.65 bits per heavy atom. The van der Waals surface area contributed by atoms with Crippen LogP contribution in [0.5, 0.6) is 5.75 Å². The first-order valence-corrected chi connectivity index (χ1v) is 11.8. The Bertz CT molecular complexity index is 1460. The first-order chi connectivity index (χ1) is 17.8. The summed E-state index contributed by atoms with van der Waals surface area (Å²) in [5.41, 5.74) is 0.726. The van der Waals surface area contributed by atoms with Crippen LogP contribution in [0.4, 0.5) is 33.2 Å². The second kappa shape index (κ2) is 11.7. The molecule has 37 heavy (non-hydrogen) atoms. The first-order valence-electron chi connectivity index (χ1n) is 11.4. The van der Waals surface area contributed by atoms with Gasteiger partial charge in [0.1, 0.15) is 16.5 Å². The average molecular weight is 521 g/mol. The van der Waals surface area contributed by atoms with E-state index in [1.54, 1.807) is 6.08 Å². The van der Waals surface area contributed by atoms with Crippen molar-refractivity contribution < 1.29 is 13.9 Å². The number of nitrogens with zero attached hydrogens (tertiary/aromatic N) is 3. The summed E-state index contributed by atoms with van der Waals surface area (Å²) in [6.07, 6.45) is 4.44. The number of nitrogens with one attached hydrogen (secondary N) is 3. The van der Waals surface area contributed by atoms with Gasteiger partial charge in [-0.15, -0.1) is 0 Å². The Balaban J connectivity index is 1.57. The number of aromatic nitrogens is 2. The minimum absolute atomic E-state index is 0.0220. The van der Waals surface area contributed by atoms with Gasteiger partial charge in [0.15, 0.2) is 11.6 Å². The molecule has 190 valence electrons. The Morgan fingerprint density at radius 1 is 1.11 bits per heavy atom. The van der Waals surface area contributed by atoms with Crippen molar-refractivity contribution in [1.82, 2.24) is 14.9 Å². The first kappa shape index (κ1) is 25.9. The van der Waals surface area contributed by atoms with Crippen molar-refractivity contribution in [1.29, 1.82) is 0 Å². The maximum absolute atomic E-state index is 15.4. The quantitative estimate of drug-likeness (QED) is 0.234. The van der Waals surface area contributed by atoms with Gasteiger partial charge in [0.2, 0.25) is 11.9 Å². The van der Waals surface area contributed by atoms with Crippen LogP contribution in [0.1, 0.15) is 0 Å². The SMILES string of the molecule is COc1ccc(NC(=O)/C=C/CN(C)C)c(F)c1Nc1ncc(Cl)c(Nc2ccc3ccccc3c2)n1. The van der Waals surface area contributed by atoms with Crippen molar-refractivity contribution in [3.05, 3.63) is 83.8 Å². The van der Waals surface area contributed by atoms with Crippen molar-refractivity contribution in [3.63, 3.8) is 0 Å². The molecule has 3 N–H and O–H groups in total. The molecule has 1 aromatic heterocycles. The molecule has 0 radical (unpaired) electrons. The highest BCUT2D eigenvalue weighted by Gasteiger charge is 2.17. The summed E-state index contributed by atoms with van der Waals surface area (Å²) >= 11 is 6.33. The number of carbonyl (C=O) groups excluding carboxylic acids is 1. The molecule has 0 atom stereocenters. The van der Waals surface area contributed by atoms with Crippen molar-refractivity contribution in [3.8, 4) is 5.75 Å². The van der Waals surface area contributed by atoms with E-state index in [1.165, 1.54) is 31.5 Å². The molecule has 0 aliphatic heterocycles. The highest BCUT2D eigenvalue weighted by Crippen LogP contribution is 2.35. The predicted molar refractivity (Wildman–Crippen MR) is 147 cm³/mol. The van der Waals surface area contributed by atoms with Crippen LogP contribution >= 0.6 is 11.6 Å². The van der Waals surface area contributed by atoms with Gasteiger partial charge in [0.25, 0.3) is 0 Å². The molecular formula is C27H26ClFN6O2. The second-order valence-electron chi connectivity index (χ2n) is 8.36. The number of methoxy groups -OCH3 is 1. The summed E-state index contributed by atoms with van der Waals surface area (Å²) in [5.74, 6) is -0.553. The molecule has 1 amide bonds. The molecule has 4 aromatic rings. The lowest BCUT2D eigenvalue weighted by molar-refractivity contribution is -0.111. The fraction of sp³-hybridized carbons (Fsp3) is 0.148. The van der Waals surface area contributed by atoms with Crippen molar-refractivity contribution in [2.75, 3.05) is 43.7 Å². The number of carbonyl (C=O) groups is 1. The minimum Gasteiger partial charge on any atom is -0.494 e. The van der Waals surface area contributed by atoms with Crippen molar-refractivity contribution in [2.45, 2.75) is 0 Å². The van der Waals surface area contributed by atoms with Gasteiger partial charge in [-0.25, -0.2) is 9.37 Å². The molecule has 3 aromatic carbocycles. The molecule has 0 aliphatic rings. The molecule has 0 spiro atoms. The maximum Gasteiger partial charge on any atom is 0.248 e. The summed E-state index contributed by atoms with van der Waals surface area (Å²) in [7, 11) is 5.17. The molecule has 0 saturated carbocycles. The number of amides is 1. The van der Waals surface area contributed by atoms with E-state index in [0.717, 1.165) is 16.5 Å². The molecule has 10 heteroatoms. The fourth-order valence-corrected chi connectivity index (χ4v) is 3.66. The highest BCUT2D eigenvalue weighted by atomic mass is 35.5. The summed E-state index contributed by atoms with van der Waals surface area (Å²) in [6.45, 7) is 0.578. The van der Waals surface area contributed by atoms with Gasteiger partial charge in [0.05, 0.1) is 19.0 Å². The largest absolute Gasteiger partial charge is 0.494 e. The molecule has 0 aliphatic carbocycles. The second-order valence-corrected chi connectivity index (χ2v) is 8.77. The van der Waals surface area contributed by atoms with Gasteiger partial charge < -0.3 is 25.6 Å². The molecular weight excluding hydrogens is 495 g/mol. The number of hydrogen-bond donors (Lipinski definition) is 3. The number of ether oxygens (including phenoxy) is 1. The molecule has 0 fully saturated rings. The lowest BCUT2D eigenvalue weighted by atomic mass is 10.1. The Kier molecular flexibility index (Phi) is 8.17. The Hall–Kier alpha value is -4.21. The number of benzene rings is 3. The van der Waals surface area contributed by atoms with E-state index in [1.807, 2.05) is 61.5 Å². The van der Waals surface area contributed by atoms with Crippen LogP contribution in [-0.2, 0) is 4.79 Å². The van der Waals surface area contributed by atoms with E-state index in [2.05, 4.69) is 25.9 Å². The summed E-state index contributed by atoms with van der Waals surface area (Å²) < 4.78 is 20.7. The Labute approximate surface area is 219 Å². The summed E-state index contributed by atoms with van der Waals surface area (Å²) in [6, 6.07) is 16.8. The van der Waals surface area contributed by atoms with Crippen LogP contribution in [0.2, 0.25) is 5.02 Å². The zero-order valence-corrected chi connectivity index (χ0v) is 21.3. The standard InChI is InChI=1S/C27H26ClFN6O2/c1-35(2)14-6-9-23(36)32-21-12-13-22(37-3)25(24(21)29)33-27-30-16-20(28)26(34-27)31-19-11-10-17-7-4-5-8-18(17)15-19/h4-13,15-16H,14H2,1-3H3,(H,32,36)(H2,30,31,33,34)/b9-6+. The zero-order chi connectivity index (χ0) is 26.4. The number of fused-ring (bicyclic) bond motifs is 1. The minimum atomic E-state index is -0.726. The number of likely N-dealkylation sites (N-methyl/N-ethyl adjacent to an activating group) is 1. The van der Waals surface area contributed by atoms with Crippen LogP contribution in [0.3, 0.4) is 0 Å². The van der Waals surface area contributed by atoms with Crippen LogP contribution in [0.25, 0.3) is 10.8 Å². The fourth-order valence-electron chi connectivity index (χ4n) is 3.52. The maximum atomic E-state index is 15.4. The normalized spacial score (nSPS) is 11.2. The van der Waals surface area contributed by atoms with Gasteiger partial charge >= 0.3 is 0 Å². The molecule has 0 saturated heterocycles. The third kappa shape index (κ3) is 6.52. The lowest BCUT2D eigenvalue weighted by Crippen LogP contribution is -2.14. The van der Waals surface area contributed by atoms with E-state index >= 15 is 4.39 Å². The van der Waals surface area contributed by atoms with Gasteiger partial charge in [-0.1, -0.05) is 48.0 Å². The van der Waals surface area contributed by atoms with Gasteiger partial charge in [-0.05, 0) is 49.1 Å². The molecule has 4 rings (SSSR count). The lowest BCUT2D eigenvalue weighted by Gasteiger charge is -2.15. The van der Waals surface area contributed by atoms with E-state index in [9.17, 15) is 4.79 Å². The zero-order valence-electron chi connectivity index (χ0n) is 20.5. The molecule has 0 bridgehead atoms. The smallest absolute Gasteiger partial charge is 0.248 e. The predicted octanol–water partition coefficient (Wildman–Crippen LogP) is 5.97. The van der Waals surface area contributed by atoms with Crippen LogP contribution in [0.15, 0.2) is 72.9 Å². The number of halogens is 2. The number of rotatable bonds is 9. The van der Waals surface area contributed by atoms with E-state index in [0.29, 0.717) is 12.4 Å². The number of anilines is 5. The van der Waals surface area contributed by atoms with E-state index < -0.39 is 11.7 Å². The summed E-state index contributed by atoms with van der Waals surface area (Å²) in [4.78, 5) is 22.7. The van der Waals surface area contributed by atoms with Crippen LogP contribution in [-0.4, -0.2) is 48.5 Å². The highest BCUT2D eigenvalue weighted by molar-refractivity contribution is 6.33. The monoisotopic (exact) mass is 520 g/mol. The van der Waals surface area contributed by atoms with Crippen molar-refractivity contribution in [2.24, 2.45) is 0 Å². The molecule has 1 heterocycles. The Morgan fingerprint density at radius 2 is 1.89 bits per heavy atom.